The minimum absolute atomic E-state index is 0. The van der Waals surface area contributed by atoms with E-state index in [2.05, 4.69) is 56.2 Å². The molecule has 0 spiro atoms. The summed E-state index contributed by atoms with van der Waals surface area (Å²) < 4.78 is 0. The van der Waals surface area contributed by atoms with Crippen LogP contribution in [-0.4, -0.2) is 78.5 Å². The molecule has 8 nitrogen and oxygen atoms in total. The van der Waals surface area contributed by atoms with Crippen LogP contribution in [0.2, 0.25) is 0 Å². The standard InChI is InChI=1S/C32H66N8.ClH/c33-16-1-3-18-35-20-5-7-22-37-24-9-11-26-39-29-31-14-13-15-32(28-31)30-40-27-12-10-25-38-23-8-6-21-36-19-4-2-17-34;/h13-15,28,35-40H,1-12,16-27,29-30,33-34H2;1H. The van der Waals surface area contributed by atoms with Gasteiger partial charge < -0.3 is 43.4 Å². The molecular formula is C32H67ClN8. The van der Waals surface area contributed by atoms with E-state index in [-0.39, 0.29) is 12.4 Å². The number of hydrogen-bond donors (Lipinski definition) is 8. The van der Waals surface area contributed by atoms with E-state index in [9.17, 15) is 0 Å². The molecule has 0 heterocycles. The lowest BCUT2D eigenvalue weighted by atomic mass is 10.1. The SMILES string of the molecule is Cl.NCCCCNCCCCNCCCCNCc1cccc(CNCCCCNCCCCNCCCCN)c1. The van der Waals surface area contributed by atoms with Crippen molar-refractivity contribution in [3.8, 4) is 0 Å². The third-order valence-corrected chi connectivity index (χ3v) is 7.09. The summed E-state index contributed by atoms with van der Waals surface area (Å²) >= 11 is 0. The van der Waals surface area contributed by atoms with Gasteiger partial charge in [0.05, 0.1) is 0 Å². The zero-order valence-electron chi connectivity index (χ0n) is 26.3. The highest BCUT2D eigenvalue weighted by Gasteiger charge is 1.98. The van der Waals surface area contributed by atoms with E-state index in [1.54, 1.807) is 0 Å². The highest BCUT2D eigenvalue weighted by Crippen LogP contribution is 2.05. The quantitative estimate of drug-likeness (QED) is 0.0595. The fourth-order valence-corrected chi connectivity index (χ4v) is 4.60. The molecule has 0 bridgehead atoms. The molecule has 242 valence electrons. The fourth-order valence-electron chi connectivity index (χ4n) is 4.60. The third-order valence-electron chi connectivity index (χ3n) is 7.09. The van der Waals surface area contributed by atoms with E-state index in [1.807, 2.05) is 0 Å². The summed E-state index contributed by atoms with van der Waals surface area (Å²) in [5.74, 6) is 0. The third kappa shape index (κ3) is 29.1. The van der Waals surface area contributed by atoms with Crippen molar-refractivity contribution < 1.29 is 0 Å². The summed E-state index contributed by atoms with van der Waals surface area (Å²) in [6.07, 6.45) is 14.6. The minimum Gasteiger partial charge on any atom is -0.330 e. The molecule has 0 radical (unpaired) electrons. The Balaban J connectivity index is 0.0000160. The maximum absolute atomic E-state index is 5.51. The molecule has 0 amide bonds. The van der Waals surface area contributed by atoms with Gasteiger partial charge in [0.1, 0.15) is 0 Å². The van der Waals surface area contributed by atoms with Gasteiger partial charge >= 0.3 is 0 Å². The second-order valence-corrected chi connectivity index (χ2v) is 11.0. The molecule has 0 saturated carbocycles. The molecule has 9 heteroatoms. The van der Waals surface area contributed by atoms with Gasteiger partial charge in [-0.15, -0.1) is 12.4 Å². The van der Waals surface area contributed by atoms with Crippen molar-refractivity contribution in [1.82, 2.24) is 31.9 Å². The van der Waals surface area contributed by atoms with Crippen LogP contribution in [0.5, 0.6) is 0 Å². The number of benzene rings is 1. The Kier molecular flexibility index (Phi) is 33.0. The van der Waals surface area contributed by atoms with Crippen molar-refractivity contribution in [2.24, 2.45) is 11.5 Å². The van der Waals surface area contributed by atoms with E-state index in [0.717, 1.165) is 104 Å². The Morgan fingerprint density at radius 3 is 0.951 bits per heavy atom. The minimum atomic E-state index is 0. The molecule has 0 atom stereocenters. The predicted molar refractivity (Wildman–Crippen MR) is 182 cm³/mol. The first-order valence-corrected chi connectivity index (χ1v) is 16.6. The predicted octanol–water partition coefficient (Wildman–Crippen LogP) is 3.24. The topological polar surface area (TPSA) is 124 Å². The largest absolute Gasteiger partial charge is 0.330 e. The number of hydrogen-bond acceptors (Lipinski definition) is 8. The summed E-state index contributed by atoms with van der Waals surface area (Å²) in [5.41, 5.74) is 13.8. The lowest BCUT2D eigenvalue weighted by Crippen LogP contribution is -2.22. The summed E-state index contributed by atoms with van der Waals surface area (Å²) in [6.45, 7) is 14.6. The Bertz CT molecular complexity index is 588. The maximum atomic E-state index is 5.51. The van der Waals surface area contributed by atoms with Crippen molar-refractivity contribution in [3.63, 3.8) is 0 Å². The van der Waals surface area contributed by atoms with Crippen LogP contribution in [0.15, 0.2) is 24.3 Å². The van der Waals surface area contributed by atoms with Gasteiger partial charge in [0.2, 0.25) is 0 Å². The first-order valence-electron chi connectivity index (χ1n) is 16.6. The second kappa shape index (κ2) is 33.7. The molecule has 1 aromatic rings. The number of nitrogens with two attached hydrogens (primary N) is 2. The van der Waals surface area contributed by atoms with Crippen LogP contribution < -0.4 is 43.4 Å². The van der Waals surface area contributed by atoms with Gasteiger partial charge in [0.15, 0.2) is 0 Å². The van der Waals surface area contributed by atoms with E-state index in [1.165, 1.54) is 75.3 Å². The number of unbranched alkanes of at least 4 members (excludes halogenated alkanes) is 6. The van der Waals surface area contributed by atoms with Crippen LogP contribution in [0.1, 0.15) is 88.2 Å². The van der Waals surface area contributed by atoms with Crippen LogP contribution in [-0.2, 0) is 13.1 Å². The summed E-state index contributed by atoms with van der Waals surface area (Å²) in [4.78, 5) is 0. The van der Waals surface area contributed by atoms with Crippen molar-refractivity contribution in [3.05, 3.63) is 35.4 Å². The zero-order chi connectivity index (χ0) is 28.6. The average Bonchev–Trinajstić information content (AvgIpc) is 2.97. The van der Waals surface area contributed by atoms with Crippen LogP contribution >= 0.6 is 12.4 Å². The molecule has 0 fully saturated rings. The number of rotatable bonds is 32. The van der Waals surface area contributed by atoms with Crippen LogP contribution in [0.4, 0.5) is 0 Å². The molecule has 41 heavy (non-hydrogen) atoms. The first kappa shape index (κ1) is 40.2. The molecule has 1 aromatic carbocycles. The summed E-state index contributed by atoms with van der Waals surface area (Å²) in [5, 5.41) is 21.4. The van der Waals surface area contributed by atoms with Gasteiger partial charge in [-0.05, 0) is 167 Å². The van der Waals surface area contributed by atoms with Crippen LogP contribution in [0.25, 0.3) is 0 Å². The fraction of sp³-hybridized carbons (Fsp3) is 0.812. The molecule has 10 N–H and O–H groups in total. The monoisotopic (exact) mass is 599 g/mol. The molecule has 0 aromatic heterocycles. The molecule has 0 saturated heterocycles. The smallest absolute Gasteiger partial charge is 0.0205 e. The molecular weight excluding hydrogens is 532 g/mol. The summed E-state index contributed by atoms with van der Waals surface area (Å²) in [6, 6.07) is 8.99. The van der Waals surface area contributed by atoms with Crippen LogP contribution in [0.3, 0.4) is 0 Å². The molecule has 0 aliphatic heterocycles. The molecule has 0 aliphatic rings. The Labute approximate surface area is 259 Å². The van der Waals surface area contributed by atoms with Gasteiger partial charge in [-0.25, -0.2) is 0 Å². The van der Waals surface area contributed by atoms with Gasteiger partial charge in [-0.1, -0.05) is 24.3 Å². The van der Waals surface area contributed by atoms with E-state index >= 15 is 0 Å². The van der Waals surface area contributed by atoms with Crippen LogP contribution in [0, 0.1) is 0 Å². The van der Waals surface area contributed by atoms with Crippen molar-refractivity contribution in [2.45, 2.75) is 90.1 Å². The lowest BCUT2D eigenvalue weighted by molar-refractivity contribution is 0.547. The van der Waals surface area contributed by atoms with Crippen molar-refractivity contribution >= 4 is 12.4 Å². The van der Waals surface area contributed by atoms with Crippen molar-refractivity contribution in [2.75, 3.05) is 78.5 Å². The highest BCUT2D eigenvalue weighted by molar-refractivity contribution is 5.85. The van der Waals surface area contributed by atoms with Gasteiger partial charge in [-0.3, -0.25) is 0 Å². The van der Waals surface area contributed by atoms with E-state index < -0.39 is 0 Å². The molecule has 0 aliphatic carbocycles. The lowest BCUT2D eigenvalue weighted by Gasteiger charge is -2.09. The molecule has 0 unspecified atom stereocenters. The number of nitrogens with one attached hydrogen (secondary N) is 6. The average molecular weight is 599 g/mol. The Morgan fingerprint density at radius 2 is 0.659 bits per heavy atom. The van der Waals surface area contributed by atoms with E-state index in [0.29, 0.717) is 0 Å². The Morgan fingerprint density at radius 1 is 0.390 bits per heavy atom. The number of halogens is 1. The first-order chi connectivity index (χ1) is 19.9. The van der Waals surface area contributed by atoms with Gasteiger partial charge in [-0.2, -0.15) is 0 Å². The van der Waals surface area contributed by atoms with E-state index in [4.69, 9.17) is 11.5 Å². The molecule has 1 rings (SSSR count). The van der Waals surface area contributed by atoms with Crippen molar-refractivity contribution in [1.29, 1.82) is 0 Å². The second-order valence-electron chi connectivity index (χ2n) is 11.0. The summed E-state index contributed by atoms with van der Waals surface area (Å²) in [7, 11) is 0. The maximum Gasteiger partial charge on any atom is 0.0205 e. The zero-order valence-corrected chi connectivity index (χ0v) is 27.1. The normalized spacial score (nSPS) is 11.2. The van der Waals surface area contributed by atoms with Gasteiger partial charge in [0.25, 0.3) is 0 Å². The highest BCUT2D eigenvalue weighted by atomic mass is 35.5. The Hall–Kier alpha value is -0.810. The van der Waals surface area contributed by atoms with Gasteiger partial charge in [0, 0.05) is 13.1 Å².